The van der Waals surface area contributed by atoms with Gasteiger partial charge in [-0.05, 0) is 35.4 Å². The second-order valence-electron chi connectivity index (χ2n) is 8.46. The van der Waals surface area contributed by atoms with E-state index >= 15 is 0 Å². The van der Waals surface area contributed by atoms with Crippen molar-refractivity contribution >= 4 is 31.9 Å². The molecule has 144 valence electrons. The molecule has 6 aliphatic rings. The van der Waals surface area contributed by atoms with Crippen molar-refractivity contribution in [1.82, 2.24) is 0 Å². The normalized spacial score (nSPS) is 24.3. The van der Waals surface area contributed by atoms with Crippen LogP contribution in [-0.2, 0) is 0 Å². The molecule has 0 radical (unpaired) electrons. The maximum Gasteiger partial charge on any atom is 0.200 e. The first kappa shape index (κ1) is 17.4. The topological polar surface area (TPSA) is 7.76 Å². The maximum absolute atomic E-state index is 3.75. The molecule has 1 aliphatic carbocycles. The molecule has 7 heterocycles. The molecule has 0 amide bonds. The summed E-state index contributed by atoms with van der Waals surface area (Å²) in [7, 11) is 0. The fourth-order valence-electron chi connectivity index (χ4n) is 6.10. The van der Waals surface area contributed by atoms with E-state index in [2.05, 4.69) is 126 Å². The average molecular weight is 518 g/mol. The lowest BCUT2D eigenvalue weighted by Gasteiger charge is -2.42. The molecule has 30 heavy (non-hydrogen) atoms. The highest BCUT2D eigenvalue weighted by Gasteiger charge is 2.58. The molecule has 0 unspecified atom stereocenters. The quantitative estimate of drug-likeness (QED) is 0.269. The van der Waals surface area contributed by atoms with Gasteiger partial charge in [0, 0.05) is 44.3 Å². The van der Waals surface area contributed by atoms with E-state index in [0.29, 0.717) is 0 Å². The Kier molecular flexibility index (Phi) is 3.54. The number of aromatic nitrogens is 2. The van der Waals surface area contributed by atoms with Crippen molar-refractivity contribution in [3.63, 3.8) is 0 Å². The van der Waals surface area contributed by atoms with E-state index < -0.39 is 0 Å². The lowest BCUT2D eigenvalue weighted by Crippen LogP contribution is -2.62. The summed E-state index contributed by atoms with van der Waals surface area (Å²) >= 11 is 7.51. The molecule has 0 spiro atoms. The summed E-state index contributed by atoms with van der Waals surface area (Å²) in [4.78, 5) is 0. The van der Waals surface area contributed by atoms with Crippen LogP contribution >= 0.6 is 31.9 Å². The summed E-state index contributed by atoms with van der Waals surface area (Å²) in [5, 5.41) is 0. The van der Waals surface area contributed by atoms with Crippen LogP contribution < -0.4 is 9.13 Å². The Balaban J connectivity index is 1.68. The lowest BCUT2D eigenvalue weighted by molar-refractivity contribution is -0.769. The molecule has 0 saturated heterocycles. The zero-order valence-electron chi connectivity index (χ0n) is 16.0. The molecule has 5 aliphatic heterocycles. The average Bonchev–Trinajstić information content (AvgIpc) is 2.75. The number of hydrogen-bond acceptors (Lipinski definition) is 0. The summed E-state index contributed by atoms with van der Waals surface area (Å²) in [6.45, 7) is 0. The zero-order valence-corrected chi connectivity index (χ0v) is 19.2. The van der Waals surface area contributed by atoms with Crippen molar-refractivity contribution in [3.05, 3.63) is 128 Å². The van der Waals surface area contributed by atoms with Crippen LogP contribution in [0.15, 0.2) is 94.1 Å². The molecular formula is C26H18Br2N2+2. The minimum Gasteiger partial charge on any atom is -0.193 e. The monoisotopic (exact) mass is 516 g/mol. The van der Waals surface area contributed by atoms with Gasteiger partial charge in [-0.3, -0.25) is 0 Å². The number of benzene rings is 2. The number of nitrogens with zero attached hydrogens (tertiary/aromatic N) is 2. The summed E-state index contributed by atoms with van der Waals surface area (Å²) in [6.07, 6.45) is 4.56. The second kappa shape index (κ2) is 6.12. The minimum atomic E-state index is 0.225. The summed E-state index contributed by atoms with van der Waals surface area (Å²) in [6, 6.07) is 27.6. The zero-order chi connectivity index (χ0) is 20.0. The van der Waals surface area contributed by atoms with Crippen molar-refractivity contribution in [2.45, 2.75) is 23.9 Å². The number of pyridine rings is 2. The Hall–Kier alpha value is -2.30. The van der Waals surface area contributed by atoms with Gasteiger partial charge in [-0.15, -0.1) is 0 Å². The SMILES string of the molecule is Brc1ccc2c(c1)[C@H]1c3cccc[n+]3[C@@H]2[C@@H]2c3cc(Br)ccc3[C@H]1[n+]1ccccc12. The van der Waals surface area contributed by atoms with Gasteiger partial charge in [0.2, 0.25) is 12.1 Å². The van der Waals surface area contributed by atoms with Crippen molar-refractivity contribution in [3.8, 4) is 0 Å². The molecule has 4 bridgehead atoms. The van der Waals surface area contributed by atoms with E-state index in [1.807, 2.05) is 0 Å². The fraction of sp³-hybridized carbons (Fsp3) is 0.154. The third-order valence-corrected chi connectivity index (χ3v) is 8.11. The summed E-state index contributed by atoms with van der Waals surface area (Å²) < 4.78 is 7.39. The Morgan fingerprint density at radius 3 is 1.47 bits per heavy atom. The van der Waals surface area contributed by atoms with Gasteiger partial charge in [-0.25, -0.2) is 0 Å². The van der Waals surface area contributed by atoms with Gasteiger partial charge in [0.1, 0.15) is 11.8 Å². The van der Waals surface area contributed by atoms with Gasteiger partial charge in [0.25, 0.3) is 0 Å². The van der Waals surface area contributed by atoms with Gasteiger partial charge in [-0.1, -0.05) is 56.1 Å². The molecule has 2 nitrogen and oxygen atoms in total. The van der Waals surface area contributed by atoms with Gasteiger partial charge >= 0.3 is 0 Å². The van der Waals surface area contributed by atoms with Crippen LogP contribution in [0.5, 0.6) is 0 Å². The Morgan fingerprint density at radius 2 is 1.00 bits per heavy atom. The highest BCUT2D eigenvalue weighted by Crippen LogP contribution is 2.54. The standard InChI is InChI=1S/C26H18Br2N2/c27-15-7-9-17-19(13-15)23-21-5-1-3-11-29(21)26(17)24-20-14-16(28)8-10-18(20)25(23)30-12-4-2-6-22(24)30/h1-14,23-26H/q+2/t23-,24+,25+,26-. The second-order valence-corrected chi connectivity index (χ2v) is 10.3. The van der Waals surface area contributed by atoms with Crippen LogP contribution in [0.1, 0.15) is 57.6 Å². The fourth-order valence-corrected chi connectivity index (χ4v) is 6.86. The van der Waals surface area contributed by atoms with Gasteiger partial charge in [0.15, 0.2) is 23.8 Å². The van der Waals surface area contributed by atoms with E-state index in [4.69, 9.17) is 0 Å². The smallest absolute Gasteiger partial charge is 0.193 e. The van der Waals surface area contributed by atoms with Gasteiger partial charge < -0.3 is 0 Å². The van der Waals surface area contributed by atoms with Crippen LogP contribution in [0.2, 0.25) is 0 Å². The third-order valence-electron chi connectivity index (χ3n) is 7.12. The predicted molar refractivity (Wildman–Crippen MR) is 122 cm³/mol. The van der Waals surface area contributed by atoms with Crippen LogP contribution in [0.4, 0.5) is 0 Å². The molecule has 4 aromatic rings. The van der Waals surface area contributed by atoms with Crippen LogP contribution in [0.3, 0.4) is 0 Å². The molecule has 2 aromatic heterocycles. The number of rotatable bonds is 0. The first-order valence-electron chi connectivity index (χ1n) is 10.3. The van der Waals surface area contributed by atoms with Crippen LogP contribution in [0, 0.1) is 0 Å². The van der Waals surface area contributed by atoms with Crippen molar-refractivity contribution < 1.29 is 9.13 Å². The molecule has 4 heteroatoms. The van der Waals surface area contributed by atoms with Gasteiger partial charge in [-0.2, -0.15) is 9.13 Å². The van der Waals surface area contributed by atoms with E-state index in [-0.39, 0.29) is 23.9 Å². The van der Waals surface area contributed by atoms with E-state index in [1.54, 1.807) is 0 Å². The first-order chi connectivity index (χ1) is 14.7. The Labute approximate surface area is 192 Å². The van der Waals surface area contributed by atoms with Crippen LogP contribution in [0.25, 0.3) is 0 Å². The van der Waals surface area contributed by atoms with E-state index in [1.165, 1.54) is 33.6 Å². The predicted octanol–water partition coefficient (Wildman–Crippen LogP) is 5.57. The molecule has 0 saturated carbocycles. The molecular weight excluding hydrogens is 500 g/mol. The van der Waals surface area contributed by atoms with Crippen LogP contribution in [-0.4, -0.2) is 0 Å². The van der Waals surface area contributed by atoms with Crippen molar-refractivity contribution in [1.29, 1.82) is 0 Å². The van der Waals surface area contributed by atoms with E-state index in [0.717, 1.165) is 8.95 Å². The lowest BCUT2D eigenvalue weighted by atomic mass is 9.65. The Bertz CT molecular complexity index is 1260. The molecule has 2 aromatic carbocycles. The third kappa shape index (κ3) is 2.13. The summed E-state index contributed by atoms with van der Waals surface area (Å²) in [5.74, 6) is 0.504. The van der Waals surface area contributed by atoms with Crippen molar-refractivity contribution in [2.75, 3.05) is 0 Å². The van der Waals surface area contributed by atoms with Crippen molar-refractivity contribution in [2.24, 2.45) is 0 Å². The minimum absolute atomic E-state index is 0.225. The van der Waals surface area contributed by atoms with Gasteiger partial charge in [0.05, 0.1) is 0 Å². The molecule has 10 rings (SSSR count). The number of hydrogen-bond donors (Lipinski definition) is 0. The highest BCUT2D eigenvalue weighted by atomic mass is 79.9. The molecule has 0 N–H and O–H groups in total. The Morgan fingerprint density at radius 1 is 0.533 bits per heavy atom. The molecule has 0 fully saturated rings. The first-order valence-corrected chi connectivity index (χ1v) is 11.9. The summed E-state index contributed by atoms with van der Waals surface area (Å²) in [5.41, 5.74) is 8.60. The van der Waals surface area contributed by atoms with E-state index in [9.17, 15) is 0 Å². The number of halogens is 2. The largest absolute Gasteiger partial charge is 0.200 e. The molecule has 4 atom stereocenters. The maximum atomic E-state index is 3.75. The highest BCUT2D eigenvalue weighted by molar-refractivity contribution is 9.10.